The van der Waals surface area contributed by atoms with Crippen LogP contribution in [0.5, 0.6) is 0 Å². The van der Waals surface area contributed by atoms with Crippen molar-refractivity contribution in [3.63, 3.8) is 0 Å². The fourth-order valence-electron chi connectivity index (χ4n) is 2.40. The number of halogens is 4. The van der Waals surface area contributed by atoms with E-state index >= 15 is 0 Å². The third kappa shape index (κ3) is 4.38. The van der Waals surface area contributed by atoms with Crippen molar-refractivity contribution in [2.45, 2.75) is 12.5 Å². The molecule has 0 bridgehead atoms. The molecule has 0 unspecified atom stereocenters. The molecule has 108 valence electrons. The lowest BCUT2D eigenvalue weighted by molar-refractivity contribution is 0.156. The maximum Gasteiger partial charge on any atom is 0.123 e. The van der Waals surface area contributed by atoms with Gasteiger partial charge in [0.05, 0.1) is 6.67 Å². The van der Waals surface area contributed by atoms with Gasteiger partial charge in [0.15, 0.2) is 0 Å². The standard InChI is InChI=1S/C13H17BrF2N2.ClH/c14-12-2-1-10(16)9-11(12)13(3-4-15)18-7-5-17-6-8-18;/h1-2,9,13,17H,3-8H2;1H/t13-;/m1./s1. The summed E-state index contributed by atoms with van der Waals surface area (Å²) in [6.07, 6.45) is 0.405. The van der Waals surface area contributed by atoms with Gasteiger partial charge in [-0.15, -0.1) is 12.4 Å². The van der Waals surface area contributed by atoms with Crippen molar-refractivity contribution < 1.29 is 8.78 Å². The Bertz CT molecular complexity index is 400. The van der Waals surface area contributed by atoms with Crippen LogP contribution in [-0.4, -0.2) is 37.8 Å². The molecular formula is C13H18BrClF2N2. The second kappa shape index (κ2) is 8.15. The quantitative estimate of drug-likeness (QED) is 0.891. The summed E-state index contributed by atoms with van der Waals surface area (Å²) < 4.78 is 27.0. The largest absolute Gasteiger partial charge is 0.314 e. The SMILES string of the molecule is Cl.FCC[C@H](c1cc(F)ccc1Br)N1CCNCC1. The van der Waals surface area contributed by atoms with Gasteiger partial charge >= 0.3 is 0 Å². The van der Waals surface area contributed by atoms with Crippen LogP contribution in [0.1, 0.15) is 18.0 Å². The monoisotopic (exact) mass is 354 g/mol. The summed E-state index contributed by atoms with van der Waals surface area (Å²) in [5.74, 6) is -0.271. The highest BCUT2D eigenvalue weighted by atomic mass is 79.9. The molecule has 1 heterocycles. The lowest BCUT2D eigenvalue weighted by Gasteiger charge is -2.35. The van der Waals surface area contributed by atoms with E-state index in [0.29, 0.717) is 6.42 Å². The molecule has 1 aromatic rings. The average Bonchev–Trinajstić information content (AvgIpc) is 2.40. The minimum absolute atomic E-state index is 0. The summed E-state index contributed by atoms with van der Waals surface area (Å²) in [6, 6.07) is 4.56. The highest BCUT2D eigenvalue weighted by Crippen LogP contribution is 2.31. The van der Waals surface area contributed by atoms with E-state index in [1.165, 1.54) is 12.1 Å². The van der Waals surface area contributed by atoms with Crippen LogP contribution in [0.3, 0.4) is 0 Å². The summed E-state index contributed by atoms with van der Waals surface area (Å²) in [6.45, 7) is 3.14. The molecule has 1 aromatic carbocycles. The summed E-state index contributed by atoms with van der Waals surface area (Å²) in [5, 5.41) is 3.27. The van der Waals surface area contributed by atoms with Crippen molar-refractivity contribution in [3.8, 4) is 0 Å². The third-order valence-electron chi connectivity index (χ3n) is 3.29. The van der Waals surface area contributed by atoms with Crippen molar-refractivity contribution in [3.05, 3.63) is 34.1 Å². The molecule has 0 radical (unpaired) electrons. The zero-order valence-electron chi connectivity index (χ0n) is 10.5. The van der Waals surface area contributed by atoms with Gasteiger partial charge in [0.2, 0.25) is 0 Å². The second-order valence-electron chi connectivity index (χ2n) is 4.45. The normalized spacial score (nSPS) is 17.8. The zero-order chi connectivity index (χ0) is 13.0. The second-order valence-corrected chi connectivity index (χ2v) is 5.30. The van der Waals surface area contributed by atoms with E-state index in [0.717, 1.165) is 36.2 Å². The van der Waals surface area contributed by atoms with Gasteiger partial charge in [0.25, 0.3) is 0 Å². The fraction of sp³-hybridized carbons (Fsp3) is 0.538. The van der Waals surface area contributed by atoms with Gasteiger partial charge in [-0.25, -0.2) is 4.39 Å². The Kier molecular flexibility index (Phi) is 7.21. The van der Waals surface area contributed by atoms with E-state index in [9.17, 15) is 8.78 Å². The number of rotatable bonds is 4. The number of benzene rings is 1. The predicted octanol–water partition coefficient (Wildman–Crippen LogP) is 3.32. The Balaban J connectivity index is 0.00000180. The molecule has 0 aliphatic carbocycles. The van der Waals surface area contributed by atoms with Crippen LogP contribution in [0.15, 0.2) is 22.7 Å². The van der Waals surface area contributed by atoms with E-state index in [4.69, 9.17) is 0 Å². The minimum atomic E-state index is -0.391. The van der Waals surface area contributed by atoms with Gasteiger partial charge in [0.1, 0.15) is 5.82 Å². The molecule has 0 saturated carbocycles. The van der Waals surface area contributed by atoms with Crippen molar-refractivity contribution in [2.24, 2.45) is 0 Å². The molecule has 1 aliphatic rings. The van der Waals surface area contributed by atoms with Crippen LogP contribution in [0.4, 0.5) is 8.78 Å². The number of hydrogen-bond acceptors (Lipinski definition) is 2. The van der Waals surface area contributed by atoms with Gasteiger partial charge in [-0.2, -0.15) is 0 Å². The number of alkyl halides is 1. The molecule has 1 atom stereocenters. The van der Waals surface area contributed by atoms with Crippen molar-refractivity contribution in [1.82, 2.24) is 10.2 Å². The van der Waals surface area contributed by atoms with Crippen LogP contribution >= 0.6 is 28.3 Å². The lowest BCUT2D eigenvalue weighted by atomic mass is 10.0. The van der Waals surface area contributed by atoms with Crippen molar-refractivity contribution >= 4 is 28.3 Å². The van der Waals surface area contributed by atoms with E-state index in [1.807, 2.05) is 0 Å². The molecule has 0 spiro atoms. The van der Waals surface area contributed by atoms with Crippen molar-refractivity contribution in [2.75, 3.05) is 32.9 Å². The van der Waals surface area contributed by atoms with Crippen LogP contribution in [0.2, 0.25) is 0 Å². The molecule has 1 aliphatic heterocycles. The highest BCUT2D eigenvalue weighted by molar-refractivity contribution is 9.10. The lowest BCUT2D eigenvalue weighted by Crippen LogP contribution is -2.45. The molecule has 6 heteroatoms. The first kappa shape index (κ1) is 16.8. The van der Waals surface area contributed by atoms with Gasteiger partial charge < -0.3 is 5.32 Å². The first-order valence-corrected chi connectivity index (χ1v) is 6.97. The van der Waals surface area contributed by atoms with E-state index in [2.05, 4.69) is 26.1 Å². The fourth-order valence-corrected chi connectivity index (χ4v) is 2.91. The first-order valence-electron chi connectivity index (χ1n) is 6.18. The van der Waals surface area contributed by atoms with Crippen LogP contribution in [-0.2, 0) is 0 Å². The molecule has 1 saturated heterocycles. The topological polar surface area (TPSA) is 15.3 Å². The number of nitrogens with one attached hydrogen (secondary N) is 1. The van der Waals surface area contributed by atoms with Crippen molar-refractivity contribution in [1.29, 1.82) is 0 Å². The van der Waals surface area contributed by atoms with Crippen LogP contribution in [0, 0.1) is 5.82 Å². The third-order valence-corrected chi connectivity index (χ3v) is 4.01. The smallest absolute Gasteiger partial charge is 0.123 e. The van der Waals surface area contributed by atoms with E-state index in [1.54, 1.807) is 6.07 Å². The minimum Gasteiger partial charge on any atom is -0.314 e. The number of piperazine rings is 1. The van der Waals surface area contributed by atoms with Gasteiger partial charge in [-0.05, 0) is 30.2 Å². The number of nitrogens with zero attached hydrogens (tertiary/aromatic N) is 1. The molecule has 0 aromatic heterocycles. The Morgan fingerprint density at radius 3 is 2.63 bits per heavy atom. The molecule has 1 fully saturated rings. The molecular weight excluding hydrogens is 338 g/mol. The van der Waals surface area contributed by atoms with Gasteiger partial charge in [0, 0.05) is 36.7 Å². The van der Waals surface area contributed by atoms with Gasteiger partial charge in [-0.3, -0.25) is 9.29 Å². The molecule has 2 nitrogen and oxygen atoms in total. The molecule has 2 rings (SSSR count). The van der Waals surface area contributed by atoms with Gasteiger partial charge in [-0.1, -0.05) is 15.9 Å². The number of hydrogen-bond donors (Lipinski definition) is 1. The highest BCUT2D eigenvalue weighted by Gasteiger charge is 2.23. The Labute approximate surface area is 127 Å². The summed E-state index contributed by atoms with van der Waals surface area (Å²) in [4.78, 5) is 2.22. The predicted molar refractivity (Wildman–Crippen MR) is 79.1 cm³/mol. The summed E-state index contributed by atoms with van der Waals surface area (Å²) in [7, 11) is 0. The van der Waals surface area contributed by atoms with E-state index < -0.39 is 6.67 Å². The Morgan fingerprint density at radius 2 is 2.00 bits per heavy atom. The van der Waals surface area contributed by atoms with Crippen LogP contribution in [0.25, 0.3) is 0 Å². The molecule has 19 heavy (non-hydrogen) atoms. The maximum absolute atomic E-state index is 13.4. The molecule has 1 N–H and O–H groups in total. The molecule has 0 amide bonds. The first-order chi connectivity index (χ1) is 8.72. The summed E-state index contributed by atoms with van der Waals surface area (Å²) in [5.41, 5.74) is 0.842. The summed E-state index contributed by atoms with van der Waals surface area (Å²) >= 11 is 3.44. The Hall–Kier alpha value is -0.230. The Morgan fingerprint density at radius 1 is 1.32 bits per heavy atom. The van der Waals surface area contributed by atoms with Crippen LogP contribution < -0.4 is 5.32 Å². The average molecular weight is 356 g/mol. The zero-order valence-corrected chi connectivity index (χ0v) is 12.9. The maximum atomic E-state index is 13.4. The van der Waals surface area contributed by atoms with E-state index in [-0.39, 0.29) is 24.3 Å².